The highest BCUT2D eigenvalue weighted by Gasteiger charge is 2.18. The molecule has 0 amide bonds. The van der Waals surface area contributed by atoms with Crippen LogP contribution in [-0.4, -0.2) is 54.0 Å². The van der Waals surface area contributed by atoms with E-state index in [0.717, 1.165) is 43.9 Å². The van der Waals surface area contributed by atoms with Gasteiger partial charge in [-0.25, -0.2) is 4.98 Å². The van der Waals surface area contributed by atoms with Crippen molar-refractivity contribution in [2.45, 2.75) is 24.7 Å². The van der Waals surface area contributed by atoms with Gasteiger partial charge in [-0.2, -0.15) is 0 Å². The molecule has 1 fully saturated rings. The summed E-state index contributed by atoms with van der Waals surface area (Å²) in [7, 11) is 0. The number of aryl methyl sites for hydroxylation is 1. The summed E-state index contributed by atoms with van der Waals surface area (Å²) in [5.74, 6) is 1.40. The summed E-state index contributed by atoms with van der Waals surface area (Å²) in [6.07, 6.45) is 4.45. The van der Waals surface area contributed by atoms with Gasteiger partial charge in [0.05, 0.1) is 5.52 Å². The smallest absolute Gasteiger partial charge is 0.126 e. The summed E-state index contributed by atoms with van der Waals surface area (Å²) in [6, 6.07) is 8.59. The van der Waals surface area contributed by atoms with Crippen LogP contribution >= 0.6 is 11.8 Å². The SMILES string of the molecule is CSc1ccc2nc(NCCN3CCCC(CO)C3)cc(C)c2c1. The van der Waals surface area contributed by atoms with Gasteiger partial charge in [-0.3, -0.25) is 0 Å². The van der Waals surface area contributed by atoms with Gasteiger partial charge in [0.2, 0.25) is 0 Å². The number of hydrogen-bond donors (Lipinski definition) is 2. The fourth-order valence-corrected chi connectivity index (χ4v) is 3.88. The Morgan fingerprint density at radius 2 is 2.25 bits per heavy atom. The summed E-state index contributed by atoms with van der Waals surface area (Å²) >= 11 is 1.76. The van der Waals surface area contributed by atoms with Crippen LogP contribution in [0, 0.1) is 12.8 Å². The highest BCUT2D eigenvalue weighted by atomic mass is 32.2. The lowest BCUT2D eigenvalue weighted by atomic mass is 9.99. The third-order valence-electron chi connectivity index (χ3n) is 4.82. The van der Waals surface area contributed by atoms with Gasteiger partial charge >= 0.3 is 0 Å². The molecule has 130 valence electrons. The third kappa shape index (κ3) is 4.21. The molecule has 1 unspecified atom stereocenters. The van der Waals surface area contributed by atoms with Gasteiger partial charge in [-0.1, -0.05) is 0 Å². The van der Waals surface area contributed by atoms with Crippen LogP contribution in [0.25, 0.3) is 10.9 Å². The molecule has 1 aromatic carbocycles. The number of piperidine rings is 1. The maximum atomic E-state index is 9.33. The van der Waals surface area contributed by atoms with Crippen LogP contribution in [0.2, 0.25) is 0 Å². The Labute approximate surface area is 148 Å². The van der Waals surface area contributed by atoms with E-state index >= 15 is 0 Å². The second-order valence-corrected chi connectivity index (χ2v) is 7.51. The number of anilines is 1. The summed E-state index contributed by atoms with van der Waals surface area (Å²) in [6.45, 7) is 6.50. The number of rotatable bonds is 6. The van der Waals surface area contributed by atoms with E-state index in [2.05, 4.69) is 47.7 Å². The number of nitrogens with one attached hydrogen (secondary N) is 1. The predicted octanol–water partition coefficient (Wildman–Crippen LogP) is 3.38. The first-order valence-electron chi connectivity index (χ1n) is 8.72. The van der Waals surface area contributed by atoms with E-state index in [-0.39, 0.29) is 0 Å². The molecule has 5 heteroatoms. The topological polar surface area (TPSA) is 48.4 Å². The molecule has 3 rings (SSSR count). The highest BCUT2D eigenvalue weighted by molar-refractivity contribution is 7.98. The Hall–Kier alpha value is -1.30. The Kier molecular flexibility index (Phi) is 5.98. The van der Waals surface area contributed by atoms with Gasteiger partial charge in [-0.15, -0.1) is 11.8 Å². The second kappa shape index (κ2) is 8.19. The predicted molar refractivity (Wildman–Crippen MR) is 103 cm³/mol. The maximum absolute atomic E-state index is 9.33. The van der Waals surface area contributed by atoms with E-state index in [9.17, 15) is 5.11 Å². The number of hydrogen-bond acceptors (Lipinski definition) is 5. The lowest BCUT2D eigenvalue weighted by Crippen LogP contribution is -2.39. The Morgan fingerprint density at radius 3 is 3.04 bits per heavy atom. The van der Waals surface area contributed by atoms with E-state index in [1.807, 2.05) is 0 Å². The van der Waals surface area contributed by atoms with Crippen molar-refractivity contribution in [3.63, 3.8) is 0 Å². The van der Waals surface area contributed by atoms with Crippen LogP contribution < -0.4 is 5.32 Å². The number of fused-ring (bicyclic) bond motifs is 1. The van der Waals surface area contributed by atoms with Gasteiger partial charge in [0.15, 0.2) is 0 Å². The van der Waals surface area contributed by atoms with Crippen LogP contribution in [0.1, 0.15) is 18.4 Å². The molecule has 2 aromatic rings. The second-order valence-electron chi connectivity index (χ2n) is 6.63. The summed E-state index contributed by atoms with van der Waals surface area (Å²) in [4.78, 5) is 8.46. The fourth-order valence-electron chi connectivity index (χ4n) is 3.44. The summed E-state index contributed by atoms with van der Waals surface area (Å²) < 4.78 is 0. The first-order chi connectivity index (χ1) is 11.7. The molecule has 2 N–H and O–H groups in total. The number of pyridine rings is 1. The zero-order valence-corrected chi connectivity index (χ0v) is 15.4. The Balaban J connectivity index is 1.61. The molecule has 0 spiro atoms. The van der Waals surface area contributed by atoms with Crippen molar-refractivity contribution >= 4 is 28.5 Å². The van der Waals surface area contributed by atoms with Crippen LogP contribution in [0.5, 0.6) is 0 Å². The van der Waals surface area contributed by atoms with Crippen molar-refractivity contribution in [3.05, 3.63) is 29.8 Å². The molecule has 1 aliphatic rings. The zero-order valence-electron chi connectivity index (χ0n) is 14.6. The number of aliphatic hydroxyl groups excluding tert-OH is 1. The van der Waals surface area contributed by atoms with Gasteiger partial charge in [0.25, 0.3) is 0 Å². The van der Waals surface area contributed by atoms with Gasteiger partial charge < -0.3 is 15.3 Å². The van der Waals surface area contributed by atoms with Gasteiger partial charge in [-0.05, 0) is 68.3 Å². The normalized spacial score (nSPS) is 18.9. The number of aliphatic hydroxyl groups is 1. The lowest BCUT2D eigenvalue weighted by Gasteiger charge is -2.31. The minimum Gasteiger partial charge on any atom is -0.396 e. The average Bonchev–Trinajstić information content (AvgIpc) is 2.62. The molecular weight excluding hydrogens is 318 g/mol. The maximum Gasteiger partial charge on any atom is 0.126 e. The monoisotopic (exact) mass is 345 g/mol. The average molecular weight is 346 g/mol. The lowest BCUT2D eigenvalue weighted by molar-refractivity contribution is 0.123. The van der Waals surface area contributed by atoms with Crippen molar-refractivity contribution in [3.8, 4) is 0 Å². The first kappa shape index (κ1) is 17.5. The fraction of sp³-hybridized carbons (Fsp3) is 0.526. The molecule has 1 saturated heterocycles. The van der Waals surface area contributed by atoms with Crippen molar-refractivity contribution < 1.29 is 5.11 Å². The van der Waals surface area contributed by atoms with E-state index in [4.69, 9.17) is 4.98 Å². The standard InChI is InChI=1S/C19H27N3OS/c1-14-10-19(21-18-6-5-16(24-2)11-17(14)18)20-7-9-22-8-3-4-15(12-22)13-23/h5-6,10-11,15,23H,3-4,7-9,12-13H2,1-2H3,(H,20,21). The first-order valence-corrected chi connectivity index (χ1v) is 9.94. The quantitative estimate of drug-likeness (QED) is 0.786. The zero-order chi connectivity index (χ0) is 16.9. The molecular formula is C19H27N3OS. The van der Waals surface area contributed by atoms with Crippen LogP contribution in [0.4, 0.5) is 5.82 Å². The number of thioether (sulfide) groups is 1. The van der Waals surface area contributed by atoms with E-state index < -0.39 is 0 Å². The Morgan fingerprint density at radius 1 is 1.38 bits per heavy atom. The molecule has 1 aromatic heterocycles. The molecule has 2 heterocycles. The van der Waals surface area contributed by atoms with Crippen LogP contribution in [-0.2, 0) is 0 Å². The number of nitrogens with zero attached hydrogens (tertiary/aromatic N) is 2. The molecule has 1 atom stereocenters. The van der Waals surface area contributed by atoms with Crippen LogP contribution in [0.3, 0.4) is 0 Å². The number of aromatic nitrogens is 1. The molecule has 0 aliphatic carbocycles. The highest BCUT2D eigenvalue weighted by Crippen LogP contribution is 2.25. The molecule has 1 aliphatic heterocycles. The van der Waals surface area contributed by atoms with Crippen LogP contribution in [0.15, 0.2) is 29.2 Å². The van der Waals surface area contributed by atoms with E-state index in [1.54, 1.807) is 11.8 Å². The van der Waals surface area contributed by atoms with Gasteiger partial charge in [0, 0.05) is 36.5 Å². The molecule has 24 heavy (non-hydrogen) atoms. The minimum atomic E-state index is 0.313. The third-order valence-corrected chi connectivity index (χ3v) is 5.54. The van der Waals surface area contributed by atoms with E-state index in [1.165, 1.54) is 22.3 Å². The molecule has 0 radical (unpaired) electrons. The number of likely N-dealkylation sites (tertiary alicyclic amines) is 1. The largest absolute Gasteiger partial charge is 0.396 e. The van der Waals surface area contributed by atoms with E-state index in [0.29, 0.717) is 12.5 Å². The minimum absolute atomic E-state index is 0.313. The molecule has 0 saturated carbocycles. The van der Waals surface area contributed by atoms with Crippen molar-refractivity contribution in [2.24, 2.45) is 5.92 Å². The van der Waals surface area contributed by atoms with Crippen molar-refractivity contribution in [1.82, 2.24) is 9.88 Å². The van der Waals surface area contributed by atoms with Gasteiger partial charge in [0.1, 0.15) is 5.82 Å². The van der Waals surface area contributed by atoms with Crippen molar-refractivity contribution in [1.29, 1.82) is 0 Å². The molecule has 4 nitrogen and oxygen atoms in total. The molecule has 0 bridgehead atoms. The Bertz CT molecular complexity index is 692. The summed E-state index contributed by atoms with van der Waals surface area (Å²) in [5, 5.41) is 14.0. The summed E-state index contributed by atoms with van der Waals surface area (Å²) in [5.41, 5.74) is 2.31. The van der Waals surface area contributed by atoms with Crippen molar-refractivity contribution in [2.75, 3.05) is 44.4 Å². The number of benzene rings is 1.